The number of rotatable bonds is 1. The summed E-state index contributed by atoms with van der Waals surface area (Å²) in [5.41, 5.74) is 1.51. The van der Waals surface area contributed by atoms with Gasteiger partial charge in [-0.3, -0.25) is 9.80 Å². The Balaban J connectivity index is 1.88. The predicted octanol–water partition coefficient (Wildman–Crippen LogP) is 2.12. The van der Waals surface area contributed by atoms with E-state index in [4.69, 9.17) is 6.42 Å². The van der Waals surface area contributed by atoms with Gasteiger partial charge in [-0.1, -0.05) is 12.0 Å². The van der Waals surface area contributed by atoms with Gasteiger partial charge in [0.2, 0.25) is 0 Å². The second-order valence-corrected chi connectivity index (χ2v) is 6.14. The Kier molecular flexibility index (Phi) is 3.61. The van der Waals surface area contributed by atoms with E-state index >= 15 is 0 Å². The van der Waals surface area contributed by atoms with E-state index in [1.165, 1.54) is 38.2 Å². The third-order valence-electron chi connectivity index (χ3n) is 4.02. The van der Waals surface area contributed by atoms with E-state index in [9.17, 15) is 0 Å². The second kappa shape index (κ2) is 4.84. The molecule has 0 unspecified atom stereocenters. The van der Waals surface area contributed by atoms with Gasteiger partial charge in [-0.25, -0.2) is 0 Å². The molecular weight excluding hydrogens is 208 g/mol. The molecule has 2 heteroatoms. The summed E-state index contributed by atoms with van der Waals surface area (Å²) >= 11 is 0. The number of piperazine rings is 1. The fourth-order valence-corrected chi connectivity index (χ4v) is 2.83. The van der Waals surface area contributed by atoms with Crippen LogP contribution in [0.25, 0.3) is 0 Å². The Hall–Kier alpha value is -0.780. The maximum absolute atomic E-state index is 5.46. The molecule has 2 aliphatic rings. The molecule has 0 saturated carbocycles. The van der Waals surface area contributed by atoms with Gasteiger partial charge >= 0.3 is 0 Å². The largest absolute Gasteiger partial charge is 0.296 e. The molecule has 0 aromatic rings. The van der Waals surface area contributed by atoms with Crippen molar-refractivity contribution >= 4 is 0 Å². The highest BCUT2D eigenvalue weighted by Crippen LogP contribution is 2.24. The minimum atomic E-state index is 0.307. The Morgan fingerprint density at radius 1 is 1.24 bits per heavy atom. The molecule has 1 aliphatic carbocycles. The van der Waals surface area contributed by atoms with Crippen LogP contribution in [0, 0.1) is 12.3 Å². The number of hydrogen-bond donors (Lipinski definition) is 0. The summed E-state index contributed by atoms with van der Waals surface area (Å²) < 4.78 is 0. The zero-order valence-corrected chi connectivity index (χ0v) is 11.4. The van der Waals surface area contributed by atoms with Crippen molar-refractivity contribution in [3.63, 3.8) is 0 Å². The molecule has 1 saturated heterocycles. The van der Waals surface area contributed by atoms with Gasteiger partial charge in [0.1, 0.15) is 0 Å². The summed E-state index contributed by atoms with van der Waals surface area (Å²) in [5.74, 6) is 2.79. The first-order valence-electron chi connectivity index (χ1n) is 6.67. The van der Waals surface area contributed by atoms with Crippen LogP contribution in [0.5, 0.6) is 0 Å². The highest BCUT2D eigenvalue weighted by atomic mass is 15.3. The summed E-state index contributed by atoms with van der Waals surface area (Å²) in [5, 5.41) is 0. The van der Waals surface area contributed by atoms with E-state index in [1.807, 2.05) is 0 Å². The Labute approximate surface area is 106 Å². The van der Waals surface area contributed by atoms with Gasteiger partial charge in [0.05, 0.1) is 0 Å². The zero-order chi connectivity index (χ0) is 12.5. The average molecular weight is 232 g/mol. The molecule has 0 amide bonds. The highest BCUT2D eigenvalue weighted by molar-refractivity contribution is 5.30. The van der Waals surface area contributed by atoms with Crippen LogP contribution in [0.2, 0.25) is 0 Å². The molecule has 0 radical (unpaired) electrons. The van der Waals surface area contributed by atoms with E-state index < -0.39 is 0 Å². The lowest BCUT2D eigenvalue weighted by Crippen LogP contribution is -2.55. The van der Waals surface area contributed by atoms with E-state index in [1.54, 1.807) is 0 Å². The van der Waals surface area contributed by atoms with Crippen LogP contribution in [-0.2, 0) is 0 Å². The molecule has 17 heavy (non-hydrogen) atoms. The molecule has 0 aromatic carbocycles. The van der Waals surface area contributed by atoms with E-state index in [2.05, 4.69) is 42.6 Å². The molecule has 1 aliphatic heterocycles. The van der Waals surface area contributed by atoms with Crippen molar-refractivity contribution in [2.24, 2.45) is 0 Å². The molecule has 1 heterocycles. The van der Waals surface area contributed by atoms with Gasteiger partial charge in [0, 0.05) is 37.8 Å². The van der Waals surface area contributed by atoms with Gasteiger partial charge in [0.15, 0.2) is 0 Å². The van der Waals surface area contributed by atoms with Crippen molar-refractivity contribution in [2.75, 3.05) is 26.2 Å². The molecule has 1 atom stereocenters. The molecule has 2 nitrogen and oxygen atoms in total. The Morgan fingerprint density at radius 2 is 1.88 bits per heavy atom. The maximum atomic E-state index is 5.46. The SMILES string of the molecule is C#CC1=C[C@H](N2CCN(C(C)(C)C)CC2)CC1. The molecule has 2 rings (SSSR count). The van der Waals surface area contributed by atoms with E-state index in [0.29, 0.717) is 11.6 Å². The van der Waals surface area contributed by atoms with Crippen molar-refractivity contribution in [2.45, 2.75) is 45.2 Å². The van der Waals surface area contributed by atoms with Gasteiger partial charge in [-0.15, -0.1) is 6.42 Å². The summed E-state index contributed by atoms with van der Waals surface area (Å²) in [6, 6.07) is 0.600. The number of hydrogen-bond acceptors (Lipinski definition) is 2. The van der Waals surface area contributed by atoms with Crippen LogP contribution in [0.4, 0.5) is 0 Å². The van der Waals surface area contributed by atoms with Crippen LogP contribution >= 0.6 is 0 Å². The smallest absolute Gasteiger partial charge is 0.0294 e. The predicted molar refractivity (Wildman–Crippen MR) is 72.8 cm³/mol. The first kappa shape index (κ1) is 12.7. The lowest BCUT2D eigenvalue weighted by atomic mass is 10.0. The summed E-state index contributed by atoms with van der Waals surface area (Å²) in [7, 11) is 0. The summed E-state index contributed by atoms with van der Waals surface area (Å²) in [4.78, 5) is 5.16. The molecule has 0 bridgehead atoms. The Bertz CT molecular complexity index is 335. The van der Waals surface area contributed by atoms with Crippen molar-refractivity contribution in [3.05, 3.63) is 11.6 Å². The lowest BCUT2D eigenvalue weighted by molar-refractivity contribution is 0.0509. The maximum Gasteiger partial charge on any atom is 0.0294 e. The molecule has 94 valence electrons. The fraction of sp³-hybridized carbons (Fsp3) is 0.733. The fourth-order valence-electron chi connectivity index (χ4n) is 2.83. The average Bonchev–Trinajstić information content (AvgIpc) is 2.76. The second-order valence-electron chi connectivity index (χ2n) is 6.14. The minimum Gasteiger partial charge on any atom is -0.296 e. The molecule has 1 fully saturated rings. The summed E-state index contributed by atoms with van der Waals surface area (Å²) in [6.45, 7) is 11.6. The van der Waals surface area contributed by atoms with Crippen LogP contribution in [0.1, 0.15) is 33.6 Å². The standard InChI is InChI=1S/C15H24N2/c1-5-13-6-7-14(12-13)16-8-10-17(11-9-16)15(2,3)4/h1,12,14H,6-11H2,2-4H3/t14-/m1/s1. The molecule has 0 N–H and O–H groups in total. The quantitative estimate of drug-likeness (QED) is 0.639. The molecular formula is C15H24N2. The first-order valence-corrected chi connectivity index (χ1v) is 6.67. The van der Waals surface area contributed by atoms with Crippen LogP contribution in [0.3, 0.4) is 0 Å². The van der Waals surface area contributed by atoms with E-state index in [-0.39, 0.29) is 0 Å². The molecule has 0 aromatic heterocycles. The van der Waals surface area contributed by atoms with Gasteiger partial charge in [0.25, 0.3) is 0 Å². The topological polar surface area (TPSA) is 6.48 Å². The zero-order valence-electron chi connectivity index (χ0n) is 11.4. The van der Waals surface area contributed by atoms with Crippen LogP contribution in [-0.4, -0.2) is 47.6 Å². The van der Waals surface area contributed by atoms with E-state index in [0.717, 1.165) is 6.42 Å². The number of terminal acetylenes is 1. The summed E-state index contributed by atoms with van der Waals surface area (Å²) in [6.07, 6.45) is 10.1. The van der Waals surface area contributed by atoms with Crippen molar-refractivity contribution in [1.82, 2.24) is 9.80 Å². The van der Waals surface area contributed by atoms with Gasteiger partial charge in [-0.05, 0) is 39.2 Å². The number of allylic oxidation sites excluding steroid dienone is 1. The van der Waals surface area contributed by atoms with Crippen LogP contribution in [0.15, 0.2) is 11.6 Å². The molecule has 0 spiro atoms. The van der Waals surface area contributed by atoms with Crippen molar-refractivity contribution in [1.29, 1.82) is 0 Å². The Morgan fingerprint density at radius 3 is 2.35 bits per heavy atom. The first-order chi connectivity index (χ1) is 8.00. The normalized spacial score (nSPS) is 27.9. The van der Waals surface area contributed by atoms with Crippen molar-refractivity contribution in [3.8, 4) is 12.3 Å². The lowest BCUT2D eigenvalue weighted by Gasteiger charge is -2.43. The van der Waals surface area contributed by atoms with Crippen molar-refractivity contribution < 1.29 is 0 Å². The van der Waals surface area contributed by atoms with Gasteiger partial charge < -0.3 is 0 Å². The third-order valence-corrected chi connectivity index (χ3v) is 4.02. The highest BCUT2D eigenvalue weighted by Gasteiger charge is 2.29. The number of nitrogens with zero attached hydrogens (tertiary/aromatic N) is 2. The van der Waals surface area contributed by atoms with Gasteiger partial charge in [-0.2, -0.15) is 0 Å². The third kappa shape index (κ3) is 2.91. The minimum absolute atomic E-state index is 0.307. The monoisotopic (exact) mass is 232 g/mol. The van der Waals surface area contributed by atoms with Crippen LogP contribution < -0.4 is 0 Å².